The number of rotatable bonds is 7. The Labute approximate surface area is 112 Å². The Morgan fingerprint density at radius 3 is 2.32 bits per heavy atom. The number of nitrogens with one attached hydrogen (secondary N) is 1. The van der Waals surface area contributed by atoms with Crippen LogP contribution in [0, 0.1) is 0 Å². The van der Waals surface area contributed by atoms with Crippen LogP contribution in [0.15, 0.2) is 30.3 Å². The highest BCUT2D eigenvalue weighted by atomic mass is 16.7. The van der Waals surface area contributed by atoms with E-state index in [4.69, 9.17) is 9.47 Å². The second-order valence-corrected chi connectivity index (χ2v) is 3.85. The van der Waals surface area contributed by atoms with Crippen LogP contribution in [0.1, 0.15) is 30.6 Å². The van der Waals surface area contributed by atoms with Crippen molar-refractivity contribution in [1.82, 2.24) is 5.32 Å². The standard InChI is InChI=1S/C14H19NO4/c1-4-12(16)14(18-3,19-5-2)15-13(17)11-9-7-6-8-10-11/h6-10H,4-5H2,1-3H3,(H,15,17). The Morgan fingerprint density at radius 1 is 1.21 bits per heavy atom. The van der Waals surface area contributed by atoms with E-state index in [9.17, 15) is 9.59 Å². The van der Waals surface area contributed by atoms with E-state index in [1.807, 2.05) is 0 Å². The van der Waals surface area contributed by atoms with Gasteiger partial charge >= 0.3 is 5.91 Å². The van der Waals surface area contributed by atoms with Crippen LogP contribution in [0.5, 0.6) is 0 Å². The zero-order chi connectivity index (χ0) is 14.3. The molecular weight excluding hydrogens is 246 g/mol. The van der Waals surface area contributed by atoms with E-state index in [0.717, 1.165) is 0 Å². The zero-order valence-electron chi connectivity index (χ0n) is 11.4. The molecule has 1 N–H and O–H groups in total. The number of amides is 1. The molecule has 5 heteroatoms. The number of hydrogen-bond acceptors (Lipinski definition) is 4. The van der Waals surface area contributed by atoms with Crippen LogP contribution in [-0.4, -0.2) is 31.3 Å². The van der Waals surface area contributed by atoms with Gasteiger partial charge in [-0.05, 0) is 19.1 Å². The molecule has 1 amide bonds. The van der Waals surface area contributed by atoms with Crippen molar-refractivity contribution in [2.24, 2.45) is 0 Å². The monoisotopic (exact) mass is 265 g/mol. The van der Waals surface area contributed by atoms with E-state index in [0.29, 0.717) is 5.56 Å². The van der Waals surface area contributed by atoms with Crippen molar-refractivity contribution in [3.05, 3.63) is 35.9 Å². The summed E-state index contributed by atoms with van der Waals surface area (Å²) in [5.74, 6) is -2.46. The third kappa shape index (κ3) is 3.62. The molecule has 1 unspecified atom stereocenters. The first-order valence-electron chi connectivity index (χ1n) is 6.19. The maximum Gasteiger partial charge on any atom is 0.314 e. The average Bonchev–Trinajstić information content (AvgIpc) is 2.46. The first-order valence-corrected chi connectivity index (χ1v) is 6.19. The fraction of sp³-hybridized carbons (Fsp3) is 0.429. The van der Waals surface area contributed by atoms with Gasteiger partial charge in [-0.2, -0.15) is 0 Å². The average molecular weight is 265 g/mol. The predicted octanol–water partition coefficient (Wildman–Crippen LogP) is 1.73. The van der Waals surface area contributed by atoms with Crippen LogP contribution in [-0.2, 0) is 14.3 Å². The summed E-state index contributed by atoms with van der Waals surface area (Å²) in [4.78, 5) is 24.0. The molecule has 0 saturated heterocycles. The molecule has 0 saturated carbocycles. The first kappa shape index (κ1) is 15.3. The summed E-state index contributed by atoms with van der Waals surface area (Å²) in [6.07, 6.45) is 0.197. The maximum atomic E-state index is 12.1. The van der Waals surface area contributed by atoms with Crippen LogP contribution >= 0.6 is 0 Å². The van der Waals surface area contributed by atoms with Crippen molar-refractivity contribution in [2.75, 3.05) is 13.7 Å². The van der Waals surface area contributed by atoms with E-state index in [-0.39, 0.29) is 18.8 Å². The number of hydrogen-bond donors (Lipinski definition) is 1. The third-order valence-electron chi connectivity index (χ3n) is 2.64. The van der Waals surface area contributed by atoms with Gasteiger partial charge in [-0.3, -0.25) is 14.9 Å². The minimum atomic E-state index is -1.71. The van der Waals surface area contributed by atoms with Gasteiger partial charge in [0.15, 0.2) is 0 Å². The molecule has 0 aliphatic rings. The van der Waals surface area contributed by atoms with Gasteiger partial charge in [0.05, 0.1) is 0 Å². The van der Waals surface area contributed by atoms with Crippen molar-refractivity contribution in [2.45, 2.75) is 26.2 Å². The second kappa shape index (κ2) is 7.01. The Balaban J connectivity index is 2.95. The van der Waals surface area contributed by atoms with Crippen molar-refractivity contribution in [3.63, 3.8) is 0 Å². The van der Waals surface area contributed by atoms with Gasteiger partial charge in [0.25, 0.3) is 5.91 Å². The number of benzene rings is 1. The smallest absolute Gasteiger partial charge is 0.314 e. The minimum Gasteiger partial charge on any atom is -0.330 e. The van der Waals surface area contributed by atoms with Gasteiger partial charge in [0, 0.05) is 25.7 Å². The molecule has 0 aromatic heterocycles. The summed E-state index contributed by atoms with van der Waals surface area (Å²) >= 11 is 0. The van der Waals surface area contributed by atoms with Crippen LogP contribution in [0.3, 0.4) is 0 Å². The molecule has 0 radical (unpaired) electrons. The van der Waals surface area contributed by atoms with Crippen molar-refractivity contribution in [1.29, 1.82) is 0 Å². The number of carbonyl (C=O) groups is 2. The van der Waals surface area contributed by atoms with Crippen molar-refractivity contribution in [3.8, 4) is 0 Å². The topological polar surface area (TPSA) is 64.6 Å². The van der Waals surface area contributed by atoms with Gasteiger partial charge in [-0.15, -0.1) is 0 Å². The second-order valence-electron chi connectivity index (χ2n) is 3.85. The summed E-state index contributed by atoms with van der Waals surface area (Å²) in [5.41, 5.74) is 0.438. The highest BCUT2D eigenvalue weighted by Gasteiger charge is 2.40. The zero-order valence-corrected chi connectivity index (χ0v) is 11.4. The summed E-state index contributed by atoms with van der Waals surface area (Å²) in [7, 11) is 1.33. The quantitative estimate of drug-likeness (QED) is 0.763. The number of ketones is 1. The lowest BCUT2D eigenvalue weighted by Crippen LogP contribution is -2.57. The van der Waals surface area contributed by atoms with E-state index in [1.165, 1.54) is 7.11 Å². The van der Waals surface area contributed by atoms with Crippen LogP contribution in [0.25, 0.3) is 0 Å². The predicted molar refractivity (Wildman–Crippen MR) is 70.6 cm³/mol. The lowest BCUT2D eigenvalue weighted by atomic mass is 10.2. The lowest BCUT2D eigenvalue weighted by Gasteiger charge is -2.30. The van der Waals surface area contributed by atoms with E-state index in [1.54, 1.807) is 44.2 Å². The SMILES string of the molecule is CCOC(NC(=O)c1ccccc1)(OC)C(=O)CC. The Kier molecular flexibility index (Phi) is 5.66. The number of carbonyl (C=O) groups excluding carboxylic acids is 2. The number of ether oxygens (including phenoxy) is 2. The van der Waals surface area contributed by atoms with Gasteiger partial charge in [0.1, 0.15) is 0 Å². The molecule has 104 valence electrons. The van der Waals surface area contributed by atoms with Gasteiger partial charge in [0.2, 0.25) is 5.78 Å². The Bertz CT molecular complexity index is 432. The van der Waals surface area contributed by atoms with Gasteiger partial charge in [-0.25, -0.2) is 0 Å². The largest absolute Gasteiger partial charge is 0.330 e. The molecule has 1 rings (SSSR count). The van der Waals surface area contributed by atoms with Crippen LogP contribution < -0.4 is 5.32 Å². The molecule has 0 spiro atoms. The fourth-order valence-corrected chi connectivity index (χ4v) is 1.66. The highest BCUT2D eigenvalue weighted by Crippen LogP contribution is 2.14. The summed E-state index contributed by atoms with van der Waals surface area (Å²) in [6.45, 7) is 3.66. The normalized spacial score (nSPS) is 13.6. The third-order valence-corrected chi connectivity index (χ3v) is 2.64. The van der Waals surface area contributed by atoms with Crippen LogP contribution in [0.2, 0.25) is 0 Å². The molecule has 0 bridgehead atoms. The molecule has 19 heavy (non-hydrogen) atoms. The molecule has 1 atom stereocenters. The Morgan fingerprint density at radius 2 is 1.84 bits per heavy atom. The van der Waals surface area contributed by atoms with E-state index >= 15 is 0 Å². The van der Waals surface area contributed by atoms with Crippen molar-refractivity contribution >= 4 is 11.7 Å². The lowest BCUT2D eigenvalue weighted by molar-refractivity contribution is -0.225. The summed E-state index contributed by atoms with van der Waals surface area (Å²) in [5, 5.41) is 2.52. The van der Waals surface area contributed by atoms with Gasteiger partial charge in [-0.1, -0.05) is 25.1 Å². The first-order chi connectivity index (χ1) is 9.09. The number of Topliss-reactive ketones (excluding diaryl/α,β-unsaturated/α-hetero) is 1. The fourth-order valence-electron chi connectivity index (χ4n) is 1.66. The van der Waals surface area contributed by atoms with Crippen molar-refractivity contribution < 1.29 is 19.1 Å². The van der Waals surface area contributed by atoms with Gasteiger partial charge < -0.3 is 9.47 Å². The molecule has 0 fully saturated rings. The molecule has 0 aliphatic carbocycles. The summed E-state index contributed by atoms with van der Waals surface area (Å²) in [6, 6.07) is 8.59. The highest BCUT2D eigenvalue weighted by molar-refractivity contribution is 5.98. The molecule has 1 aromatic rings. The Hall–Kier alpha value is -1.72. The van der Waals surface area contributed by atoms with Crippen LogP contribution in [0.4, 0.5) is 0 Å². The molecule has 0 aliphatic heterocycles. The van der Waals surface area contributed by atoms with E-state index in [2.05, 4.69) is 5.32 Å². The maximum absolute atomic E-state index is 12.1. The molecular formula is C14H19NO4. The molecule has 5 nitrogen and oxygen atoms in total. The van der Waals surface area contributed by atoms with E-state index < -0.39 is 11.8 Å². The summed E-state index contributed by atoms with van der Waals surface area (Å²) < 4.78 is 10.4. The molecule has 0 heterocycles. The number of methoxy groups -OCH3 is 1. The molecule has 1 aromatic carbocycles. The minimum absolute atomic E-state index is 0.197.